The molecule has 0 aliphatic heterocycles. The van der Waals surface area contributed by atoms with Crippen molar-refractivity contribution in [3.8, 4) is 0 Å². The summed E-state index contributed by atoms with van der Waals surface area (Å²) in [5, 5.41) is 0. The van der Waals surface area contributed by atoms with Gasteiger partial charge in [0.1, 0.15) is 0 Å². The maximum absolute atomic E-state index is 11.8. The van der Waals surface area contributed by atoms with E-state index >= 15 is 0 Å². The van der Waals surface area contributed by atoms with Gasteiger partial charge >= 0.3 is 6.98 Å². The lowest BCUT2D eigenvalue weighted by Gasteiger charge is -2.17. The molecule has 0 aliphatic rings. The topological polar surface area (TPSA) is 18.5 Å². The van der Waals surface area contributed by atoms with Crippen LogP contribution in [0.2, 0.25) is 0 Å². The predicted octanol–water partition coefficient (Wildman–Crippen LogP) is 1.59. The van der Waals surface area contributed by atoms with Gasteiger partial charge < -0.3 is 22.4 Å². The van der Waals surface area contributed by atoms with E-state index in [9.17, 15) is 12.9 Å². The van der Waals surface area contributed by atoms with E-state index in [2.05, 4.69) is 16.1 Å². The van der Waals surface area contributed by atoms with Crippen molar-refractivity contribution in [2.45, 2.75) is 0 Å². The molecule has 0 bridgehead atoms. The minimum Gasteiger partial charge on any atom is -0.445 e. The van der Waals surface area contributed by atoms with Crippen LogP contribution in [0.4, 0.5) is 12.9 Å². The zero-order chi connectivity index (χ0) is 9.61. The van der Waals surface area contributed by atoms with E-state index in [0.29, 0.717) is 0 Å². The number of halogens is 3. The molecule has 0 amide bonds. The lowest BCUT2D eigenvalue weighted by molar-refractivity contribution is 0.0828. The van der Waals surface area contributed by atoms with Crippen LogP contribution >= 0.6 is 0 Å². The van der Waals surface area contributed by atoms with Gasteiger partial charge in [0, 0.05) is 13.7 Å². The first-order chi connectivity index (χ1) is 5.48. The molecule has 0 heterocycles. The minimum atomic E-state index is -4.95. The number of ether oxygens (including phenoxy) is 2. The molecule has 12 heavy (non-hydrogen) atoms. The Labute approximate surface area is 69.4 Å². The fourth-order valence-electron chi connectivity index (χ4n) is 0.440. The number of hydrogen-bond acceptors (Lipinski definition) is 2. The second-order valence-corrected chi connectivity index (χ2v) is 2.28. The molecule has 0 spiro atoms. The molecule has 0 N–H and O–H groups in total. The first kappa shape index (κ1) is 11.5. The van der Waals surface area contributed by atoms with Crippen molar-refractivity contribution >= 4 is 6.98 Å². The number of methoxy groups -OCH3 is 1. The Bertz CT molecular complexity index is 146. The third kappa shape index (κ3) is 5.20. The van der Waals surface area contributed by atoms with Crippen LogP contribution in [-0.4, -0.2) is 33.9 Å². The summed E-state index contributed by atoms with van der Waals surface area (Å²) in [6.07, 6.45) is 0. The highest BCUT2D eigenvalue weighted by Gasteiger charge is 2.26. The summed E-state index contributed by atoms with van der Waals surface area (Å²) in [6, 6.07) is 0. The van der Waals surface area contributed by atoms with E-state index in [-0.39, 0.29) is 13.2 Å². The van der Waals surface area contributed by atoms with Gasteiger partial charge in [-0.15, -0.1) is 12.1 Å². The fourth-order valence-corrected chi connectivity index (χ4v) is 0.440. The lowest BCUT2D eigenvalue weighted by Crippen LogP contribution is -2.22. The lowest BCUT2D eigenvalue weighted by atomic mass is 9.81. The Hall–Kier alpha value is -0.485. The van der Waals surface area contributed by atoms with Crippen LogP contribution in [-0.2, 0) is 9.47 Å². The molecular formula is C6H11BF3O2-. The molecule has 0 aliphatic carbocycles. The van der Waals surface area contributed by atoms with E-state index in [1.807, 2.05) is 0 Å². The van der Waals surface area contributed by atoms with Crippen molar-refractivity contribution in [1.82, 2.24) is 0 Å². The highest BCUT2D eigenvalue weighted by atomic mass is 19.4. The van der Waals surface area contributed by atoms with Gasteiger partial charge in [0.05, 0.1) is 13.2 Å². The molecule has 0 aromatic heterocycles. The van der Waals surface area contributed by atoms with Crippen molar-refractivity contribution in [3.05, 3.63) is 12.1 Å². The van der Waals surface area contributed by atoms with Crippen molar-refractivity contribution in [2.75, 3.05) is 26.9 Å². The van der Waals surface area contributed by atoms with Crippen LogP contribution < -0.4 is 0 Å². The Kier molecular flexibility index (Phi) is 5.00. The first-order valence-corrected chi connectivity index (χ1v) is 3.42. The molecule has 0 fully saturated rings. The molecular weight excluding hydrogens is 172 g/mol. The van der Waals surface area contributed by atoms with Crippen molar-refractivity contribution in [1.29, 1.82) is 0 Å². The Balaban J connectivity index is 3.45. The van der Waals surface area contributed by atoms with Crippen LogP contribution in [0.15, 0.2) is 12.1 Å². The van der Waals surface area contributed by atoms with Crippen molar-refractivity contribution in [3.63, 3.8) is 0 Å². The molecule has 0 aromatic rings. The van der Waals surface area contributed by atoms with Gasteiger partial charge in [-0.2, -0.15) is 0 Å². The second-order valence-electron chi connectivity index (χ2n) is 2.28. The molecule has 0 saturated carbocycles. The molecule has 0 radical (unpaired) electrons. The van der Waals surface area contributed by atoms with E-state index < -0.39 is 19.1 Å². The van der Waals surface area contributed by atoms with E-state index in [1.165, 1.54) is 7.11 Å². The summed E-state index contributed by atoms with van der Waals surface area (Å²) >= 11 is 0. The van der Waals surface area contributed by atoms with Gasteiger partial charge in [-0.3, -0.25) is 0 Å². The summed E-state index contributed by atoms with van der Waals surface area (Å²) in [5.74, 6) is 0. The summed E-state index contributed by atoms with van der Waals surface area (Å²) in [7, 11) is 1.45. The maximum atomic E-state index is 11.8. The van der Waals surface area contributed by atoms with Crippen LogP contribution in [0.5, 0.6) is 0 Å². The number of hydrogen-bond donors (Lipinski definition) is 0. The zero-order valence-corrected chi connectivity index (χ0v) is 6.86. The van der Waals surface area contributed by atoms with Gasteiger partial charge in [0.15, 0.2) is 0 Å². The Morgan fingerprint density at radius 2 is 1.92 bits per heavy atom. The average molecular weight is 183 g/mol. The average Bonchev–Trinajstić information content (AvgIpc) is 1.96. The molecule has 0 rings (SSSR count). The fraction of sp³-hybridized carbons (Fsp3) is 0.667. The summed E-state index contributed by atoms with van der Waals surface area (Å²) < 4.78 is 44.6. The summed E-state index contributed by atoms with van der Waals surface area (Å²) in [4.78, 5) is 0. The van der Waals surface area contributed by atoms with Crippen molar-refractivity contribution in [2.24, 2.45) is 0 Å². The largest absolute Gasteiger partial charge is 0.507 e. The third-order valence-corrected chi connectivity index (χ3v) is 1.18. The molecule has 2 nitrogen and oxygen atoms in total. The molecule has 72 valence electrons. The van der Waals surface area contributed by atoms with Crippen LogP contribution in [0.25, 0.3) is 0 Å². The molecule has 0 atom stereocenters. The van der Waals surface area contributed by atoms with Crippen LogP contribution in [0, 0.1) is 0 Å². The van der Waals surface area contributed by atoms with Crippen molar-refractivity contribution < 1.29 is 22.4 Å². The molecule has 6 heteroatoms. The smallest absolute Gasteiger partial charge is 0.445 e. The maximum Gasteiger partial charge on any atom is 0.507 e. The Morgan fingerprint density at radius 1 is 1.33 bits per heavy atom. The van der Waals surface area contributed by atoms with Crippen LogP contribution in [0.3, 0.4) is 0 Å². The van der Waals surface area contributed by atoms with Gasteiger partial charge in [0.2, 0.25) is 0 Å². The second kappa shape index (κ2) is 5.21. The summed E-state index contributed by atoms with van der Waals surface area (Å²) in [5.41, 5.74) is -0.814. The normalized spacial score (nSPS) is 11.7. The molecule has 0 aromatic carbocycles. The highest BCUT2D eigenvalue weighted by molar-refractivity contribution is 6.66. The zero-order valence-electron chi connectivity index (χ0n) is 6.86. The molecule has 0 saturated heterocycles. The van der Waals surface area contributed by atoms with E-state index in [0.717, 1.165) is 0 Å². The van der Waals surface area contributed by atoms with Gasteiger partial charge in [-0.25, -0.2) is 0 Å². The van der Waals surface area contributed by atoms with E-state index in [1.54, 1.807) is 0 Å². The third-order valence-electron chi connectivity index (χ3n) is 1.18. The van der Waals surface area contributed by atoms with Gasteiger partial charge in [0.25, 0.3) is 0 Å². The monoisotopic (exact) mass is 183 g/mol. The van der Waals surface area contributed by atoms with Crippen LogP contribution in [0.1, 0.15) is 0 Å². The standard InChI is InChI=1S/C6H11BF3O2/c1-6(7(8,9)10)5-12-4-3-11-2/h1,3-5H2,2H3/q-1. The molecule has 0 unspecified atom stereocenters. The Morgan fingerprint density at radius 3 is 2.33 bits per heavy atom. The van der Waals surface area contributed by atoms with E-state index in [4.69, 9.17) is 0 Å². The minimum absolute atomic E-state index is 0.154. The first-order valence-electron chi connectivity index (χ1n) is 3.42. The highest BCUT2D eigenvalue weighted by Crippen LogP contribution is 2.17. The predicted molar refractivity (Wildman–Crippen MR) is 40.9 cm³/mol. The van der Waals surface area contributed by atoms with Gasteiger partial charge in [-0.05, 0) is 0 Å². The SMILES string of the molecule is C=C(COCCOC)[B-](F)(F)F. The van der Waals surface area contributed by atoms with Gasteiger partial charge in [-0.1, -0.05) is 0 Å². The quantitative estimate of drug-likeness (QED) is 0.459. The summed E-state index contributed by atoms with van der Waals surface area (Å²) in [6.45, 7) is -2.11. The number of rotatable bonds is 6.